The number of nitrogens with two attached hydrogens (primary N) is 1. The maximum atomic E-state index is 5.65. The third kappa shape index (κ3) is 1.87. The molecule has 3 aromatic heterocycles. The lowest BCUT2D eigenvalue weighted by molar-refractivity contribution is 0.752. The summed E-state index contributed by atoms with van der Waals surface area (Å²) in [4.78, 5) is 13.7. The Morgan fingerprint density at radius 3 is 2.96 bits per heavy atom. The highest BCUT2D eigenvalue weighted by Crippen LogP contribution is 2.49. The first kappa shape index (κ1) is 12.8. The largest absolute Gasteiger partial charge is 0.367 e. The Labute approximate surface area is 134 Å². The molecular formula is C17H18N6. The summed E-state index contributed by atoms with van der Waals surface area (Å²) in [5.74, 6) is 1.38. The molecule has 0 amide bonds. The molecule has 3 aromatic rings. The van der Waals surface area contributed by atoms with E-state index in [1.807, 2.05) is 18.3 Å². The molecule has 1 saturated carbocycles. The van der Waals surface area contributed by atoms with Crippen molar-refractivity contribution < 1.29 is 1.43 Å². The highest BCUT2D eigenvalue weighted by Gasteiger charge is 2.39. The minimum atomic E-state index is 0. The third-order valence-electron chi connectivity index (χ3n) is 4.75. The van der Waals surface area contributed by atoms with Crippen molar-refractivity contribution in [3.8, 4) is 11.3 Å². The van der Waals surface area contributed by atoms with Gasteiger partial charge in [0.15, 0.2) is 0 Å². The van der Waals surface area contributed by atoms with E-state index in [1.54, 1.807) is 10.7 Å². The Bertz CT molecular complexity index is 972. The maximum absolute atomic E-state index is 5.65. The molecule has 116 valence electrons. The molecule has 0 spiro atoms. The van der Waals surface area contributed by atoms with Gasteiger partial charge < -0.3 is 5.73 Å². The minimum absolute atomic E-state index is 0. The smallest absolute Gasteiger partial charge is 0.238 e. The summed E-state index contributed by atoms with van der Waals surface area (Å²) in [5.41, 5.74) is 11.9. The van der Waals surface area contributed by atoms with Gasteiger partial charge in [-0.15, -0.1) is 5.10 Å². The van der Waals surface area contributed by atoms with Crippen LogP contribution in [0.15, 0.2) is 35.6 Å². The third-order valence-corrected chi connectivity index (χ3v) is 4.75. The second-order valence-corrected chi connectivity index (χ2v) is 6.34. The fourth-order valence-electron chi connectivity index (χ4n) is 3.52. The second kappa shape index (κ2) is 4.38. The van der Waals surface area contributed by atoms with Crippen LogP contribution in [-0.2, 0) is 0 Å². The maximum Gasteiger partial charge on any atom is 0.238 e. The molecular weight excluding hydrogens is 288 g/mol. The predicted molar refractivity (Wildman–Crippen MR) is 91.0 cm³/mol. The molecule has 0 saturated heterocycles. The van der Waals surface area contributed by atoms with Crippen LogP contribution in [0.25, 0.3) is 16.8 Å². The van der Waals surface area contributed by atoms with Crippen molar-refractivity contribution in [2.24, 2.45) is 10.9 Å². The van der Waals surface area contributed by atoms with E-state index in [9.17, 15) is 0 Å². The van der Waals surface area contributed by atoms with Gasteiger partial charge in [0.25, 0.3) is 0 Å². The first-order chi connectivity index (χ1) is 11.2. The van der Waals surface area contributed by atoms with Gasteiger partial charge in [0.1, 0.15) is 0 Å². The number of hydrogen-bond acceptors (Lipinski definition) is 5. The van der Waals surface area contributed by atoms with Gasteiger partial charge in [0.2, 0.25) is 5.95 Å². The summed E-state index contributed by atoms with van der Waals surface area (Å²) < 4.78 is 1.74. The summed E-state index contributed by atoms with van der Waals surface area (Å²) in [7, 11) is 0. The van der Waals surface area contributed by atoms with E-state index >= 15 is 0 Å². The molecule has 2 N–H and O–H groups in total. The molecule has 23 heavy (non-hydrogen) atoms. The SMILES string of the molecule is CC1=Nc2ccc(-c3ccn4nc(N)ncc34)nc2C1C1CC1.[HH]. The van der Waals surface area contributed by atoms with E-state index in [0.29, 0.717) is 5.92 Å². The summed E-state index contributed by atoms with van der Waals surface area (Å²) in [5, 5.41) is 4.19. The monoisotopic (exact) mass is 306 g/mol. The number of pyridine rings is 1. The first-order valence-corrected chi connectivity index (χ1v) is 7.87. The molecule has 1 fully saturated rings. The summed E-state index contributed by atoms with van der Waals surface area (Å²) in [6.45, 7) is 2.12. The van der Waals surface area contributed by atoms with Gasteiger partial charge in [-0.1, -0.05) is 0 Å². The van der Waals surface area contributed by atoms with Gasteiger partial charge in [-0.2, -0.15) is 0 Å². The number of hydrogen-bond donors (Lipinski definition) is 1. The highest BCUT2D eigenvalue weighted by molar-refractivity contribution is 5.96. The van der Waals surface area contributed by atoms with Gasteiger partial charge >= 0.3 is 0 Å². The predicted octanol–water partition coefficient (Wildman–Crippen LogP) is 3.22. The topological polar surface area (TPSA) is 81.5 Å². The number of nitrogen functional groups attached to an aromatic ring is 1. The van der Waals surface area contributed by atoms with Crippen LogP contribution in [0.3, 0.4) is 0 Å². The summed E-state index contributed by atoms with van der Waals surface area (Å²) in [6, 6.07) is 6.11. The fraction of sp³-hybridized carbons (Fsp3) is 0.294. The van der Waals surface area contributed by atoms with Crippen LogP contribution in [-0.4, -0.2) is 25.3 Å². The van der Waals surface area contributed by atoms with Crippen molar-refractivity contribution >= 4 is 22.9 Å². The molecule has 6 heteroatoms. The van der Waals surface area contributed by atoms with E-state index < -0.39 is 0 Å². The number of aliphatic imine (C=N–C) groups is 1. The Morgan fingerprint density at radius 1 is 1.26 bits per heavy atom. The number of fused-ring (bicyclic) bond motifs is 2. The summed E-state index contributed by atoms with van der Waals surface area (Å²) in [6.07, 6.45) is 6.20. The van der Waals surface area contributed by atoms with Gasteiger partial charge in [-0.3, -0.25) is 4.99 Å². The average molecular weight is 306 g/mol. The number of aromatic nitrogens is 4. The van der Waals surface area contributed by atoms with Crippen molar-refractivity contribution in [3.05, 3.63) is 36.3 Å². The van der Waals surface area contributed by atoms with Crippen molar-refractivity contribution in [1.82, 2.24) is 19.6 Å². The van der Waals surface area contributed by atoms with E-state index in [-0.39, 0.29) is 7.37 Å². The number of rotatable bonds is 2. The van der Waals surface area contributed by atoms with Crippen molar-refractivity contribution in [3.63, 3.8) is 0 Å². The van der Waals surface area contributed by atoms with E-state index in [1.165, 1.54) is 18.6 Å². The highest BCUT2D eigenvalue weighted by atomic mass is 15.3. The molecule has 0 radical (unpaired) electrons. The van der Waals surface area contributed by atoms with Gasteiger partial charge in [0, 0.05) is 24.8 Å². The average Bonchev–Trinajstić information content (AvgIpc) is 3.19. The lowest BCUT2D eigenvalue weighted by Crippen LogP contribution is -2.08. The van der Waals surface area contributed by atoms with E-state index in [2.05, 4.69) is 23.1 Å². The Balaban J connectivity index is 0.00000146. The molecule has 1 unspecified atom stereocenters. The van der Waals surface area contributed by atoms with E-state index in [0.717, 1.165) is 34.1 Å². The zero-order valence-electron chi connectivity index (χ0n) is 12.8. The Morgan fingerprint density at radius 2 is 2.13 bits per heavy atom. The summed E-state index contributed by atoms with van der Waals surface area (Å²) >= 11 is 0. The Kier molecular flexibility index (Phi) is 2.43. The minimum Gasteiger partial charge on any atom is -0.367 e. The first-order valence-electron chi connectivity index (χ1n) is 7.87. The normalized spacial score (nSPS) is 19.9. The van der Waals surface area contributed by atoms with Gasteiger partial charge in [-0.05, 0) is 43.9 Å². The second-order valence-electron chi connectivity index (χ2n) is 6.34. The zero-order chi connectivity index (χ0) is 15.6. The molecule has 2 aliphatic rings. The molecule has 4 heterocycles. The van der Waals surface area contributed by atoms with Crippen molar-refractivity contribution in [2.45, 2.75) is 25.7 Å². The van der Waals surface area contributed by atoms with Crippen LogP contribution in [0.1, 0.15) is 32.8 Å². The fourth-order valence-corrected chi connectivity index (χ4v) is 3.52. The lowest BCUT2D eigenvalue weighted by atomic mass is 9.95. The molecule has 5 rings (SSSR count). The van der Waals surface area contributed by atoms with Crippen LogP contribution in [0.4, 0.5) is 11.6 Å². The number of nitrogens with zero attached hydrogens (tertiary/aromatic N) is 5. The van der Waals surface area contributed by atoms with Crippen LogP contribution >= 0.6 is 0 Å². The van der Waals surface area contributed by atoms with Crippen LogP contribution < -0.4 is 5.73 Å². The van der Waals surface area contributed by atoms with Crippen LogP contribution in [0.5, 0.6) is 0 Å². The van der Waals surface area contributed by atoms with E-state index in [4.69, 9.17) is 15.7 Å². The van der Waals surface area contributed by atoms with Crippen LogP contribution in [0.2, 0.25) is 0 Å². The molecule has 1 aliphatic heterocycles. The standard InChI is InChI=1S/C17H16N6.H2/c1-9-15(10-2-3-10)16-13(20-9)5-4-12(21-16)11-6-7-23-14(11)8-19-17(18)22-23;/h4-8,10,15H,2-3H2,1H3,(H2,18,22);1H. The van der Waals surface area contributed by atoms with Crippen molar-refractivity contribution in [2.75, 3.05) is 5.73 Å². The molecule has 1 aliphatic carbocycles. The number of anilines is 1. The van der Waals surface area contributed by atoms with Crippen molar-refractivity contribution in [1.29, 1.82) is 0 Å². The molecule has 0 bridgehead atoms. The zero-order valence-corrected chi connectivity index (χ0v) is 12.8. The van der Waals surface area contributed by atoms with Gasteiger partial charge in [-0.25, -0.2) is 14.5 Å². The Hall–Kier alpha value is -2.76. The molecule has 0 aromatic carbocycles. The quantitative estimate of drug-likeness (QED) is 0.788. The lowest BCUT2D eigenvalue weighted by Gasteiger charge is -2.11. The molecule has 6 nitrogen and oxygen atoms in total. The van der Waals surface area contributed by atoms with Crippen LogP contribution in [0, 0.1) is 5.92 Å². The van der Waals surface area contributed by atoms with Gasteiger partial charge in [0.05, 0.1) is 28.8 Å². The molecule has 1 atom stereocenters.